The molecule has 2 aromatic rings. The van der Waals surface area contributed by atoms with Crippen molar-refractivity contribution in [3.8, 4) is 5.75 Å². The van der Waals surface area contributed by atoms with Crippen LogP contribution in [0.5, 0.6) is 5.75 Å². The standard InChI is InChI=1S/C22H22O/c1-15-5-3-4-6-20(15)22(18-11-13-19(23-2)14-12-18)21-16-7-8-17(21)10-9-16/h3-8,11-14,16-17H,9-10H2,1-2H3. The van der Waals surface area contributed by atoms with Gasteiger partial charge in [0, 0.05) is 0 Å². The van der Waals surface area contributed by atoms with E-state index in [0.717, 1.165) is 5.75 Å². The first kappa shape index (κ1) is 14.3. The number of ether oxygens (including phenoxy) is 1. The second-order valence-electron chi connectivity index (χ2n) is 6.55. The van der Waals surface area contributed by atoms with E-state index in [4.69, 9.17) is 4.74 Å². The predicted molar refractivity (Wildman–Crippen MR) is 95.5 cm³/mol. The van der Waals surface area contributed by atoms with Gasteiger partial charge in [-0.3, -0.25) is 0 Å². The molecule has 116 valence electrons. The second-order valence-corrected chi connectivity index (χ2v) is 6.55. The number of hydrogen-bond acceptors (Lipinski definition) is 1. The van der Waals surface area contributed by atoms with E-state index in [1.807, 2.05) is 0 Å². The van der Waals surface area contributed by atoms with Crippen LogP contribution in [0.15, 0.2) is 66.3 Å². The summed E-state index contributed by atoms with van der Waals surface area (Å²) in [4.78, 5) is 0. The van der Waals surface area contributed by atoms with Crippen LogP contribution in [0.25, 0.3) is 5.57 Å². The minimum absolute atomic E-state index is 0.622. The zero-order valence-corrected chi connectivity index (χ0v) is 13.8. The van der Waals surface area contributed by atoms with Crippen molar-refractivity contribution in [3.05, 3.63) is 82.9 Å². The third kappa shape index (κ3) is 2.41. The molecular weight excluding hydrogens is 280 g/mol. The van der Waals surface area contributed by atoms with Crippen molar-refractivity contribution in [1.82, 2.24) is 0 Å². The molecule has 0 aromatic heterocycles. The summed E-state index contributed by atoms with van der Waals surface area (Å²) in [7, 11) is 1.72. The Balaban J connectivity index is 1.92. The molecule has 0 heterocycles. The van der Waals surface area contributed by atoms with Crippen molar-refractivity contribution >= 4 is 5.57 Å². The highest BCUT2D eigenvalue weighted by Crippen LogP contribution is 2.49. The molecule has 2 bridgehead atoms. The van der Waals surface area contributed by atoms with Crippen molar-refractivity contribution < 1.29 is 4.74 Å². The van der Waals surface area contributed by atoms with Gasteiger partial charge in [-0.15, -0.1) is 0 Å². The van der Waals surface area contributed by atoms with Crippen LogP contribution in [-0.2, 0) is 0 Å². The minimum atomic E-state index is 0.622. The number of aryl methyl sites for hydroxylation is 1. The Bertz CT molecular complexity index is 764. The van der Waals surface area contributed by atoms with E-state index in [1.165, 1.54) is 35.1 Å². The summed E-state index contributed by atoms with van der Waals surface area (Å²) in [6.07, 6.45) is 7.40. The molecule has 0 aliphatic heterocycles. The molecule has 1 saturated carbocycles. The maximum absolute atomic E-state index is 5.33. The second kappa shape index (κ2) is 5.73. The summed E-state index contributed by atoms with van der Waals surface area (Å²) in [5.41, 5.74) is 7.06. The van der Waals surface area contributed by atoms with Gasteiger partial charge in [0.15, 0.2) is 0 Å². The summed E-state index contributed by atoms with van der Waals surface area (Å²) in [5, 5.41) is 0. The lowest BCUT2D eigenvalue weighted by Gasteiger charge is -2.18. The summed E-state index contributed by atoms with van der Waals surface area (Å²) in [6, 6.07) is 17.3. The minimum Gasteiger partial charge on any atom is -0.497 e. The van der Waals surface area contributed by atoms with E-state index in [0.29, 0.717) is 11.8 Å². The molecular formula is C22H22O. The van der Waals surface area contributed by atoms with E-state index < -0.39 is 0 Å². The lowest BCUT2D eigenvalue weighted by molar-refractivity contribution is 0.415. The van der Waals surface area contributed by atoms with Crippen LogP contribution in [0.3, 0.4) is 0 Å². The smallest absolute Gasteiger partial charge is 0.118 e. The summed E-state index contributed by atoms with van der Waals surface area (Å²) < 4.78 is 5.33. The molecule has 1 nitrogen and oxygen atoms in total. The van der Waals surface area contributed by atoms with E-state index in [9.17, 15) is 0 Å². The number of rotatable bonds is 3. The quantitative estimate of drug-likeness (QED) is 0.690. The molecule has 0 saturated heterocycles. The fraction of sp³-hybridized carbons (Fsp3) is 0.273. The van der Waals surface area contributed by atoms with Gasteiger partial charge in [-0.1, -0.05) is 48.6 Å². The maximum atomic E-state index is 5.33. The number of allylic oxidation sites excluding steroid dienone is 3. The van der Waals surface area contributed by atoms with Crippen LogP contribution >= 0.6 is 0 Å². The SMILES string of the molecule is COc1ccc(C(=C2C3C=CC2CC3)c2ccccc2C)cc1. The van der Waals surface area contributed by atoms with E-state index in [1.54, 1.807) is 12.7 Å². The Labute approximate surface area is 138 Å². The van der Waals surface area contributed by atoms with Crippen LogP contribution < -0.4 is 4.74 Å². The number of hydrogen-bond donors (Lipinski definition) is 0. The molecule has 1 heteroatoms. The Kier molecular flexibility index (Phi) is 3.57. The molecule has 2 aliphatic carbocycles. The molecule has 0 N–H and O–H groups in total. The fourth-order valence-corrected chi connectivity index (χ4v) is 4.07. The Hall–Kier alpha value is -2.28. The van der Waals surface area contributed by atoms with E-state index in [2.05, 4.69) is 67.6 Å². The normalized spacial score (nSPS) is 21.7. The van der Waals surface area contributed by atoms with Gasteiger partial charge in [-0.2, -0.15) is 0 Å². The van der Waals surface area contributed by atoms with Crippen molar-refractivity contribution in [1.29, 1.82) is 0 Å². The van der Waals surface area contributed by atoms with Crippen molar-refractivity contribution in [2.45, 2.75) is 19.8 Å². The monoisotopic (exact) mass is 302 g/mol. The van der Waals surface area contributed by atoms with E-state index >= 15 is 0 Å². The highest BCUT2D eigenvalue weighted by atomic mass is 16.5. The van der Waals surface area contributed by atoms with Gasteiger partial charge < -0.3 is 4.74 Å². The third-order valence-corrected chi connectivity index (χ3v) is 5.25. The lowest BCUT2D eigenvalue weighted by Crippen LogP contribution is -2.01. The average molecular weight is 302 g/mol. The molecule has 2 aliphatic rings. The summed E-state index contributed by atoms with van der Waals surface area (Å²) >= 11 is 0. The zero-order valence-electron chi connectivity index (χ0n) is 13.8. The van der Waals surface area contributed by atoms with Crippen LogP contribution in [0, 0.1) is 18.8 Å². The van der Waals surface area contributed by atoms with Gasteiger partial charge in [-0.05, 0) is 71.6 Å². The van der Waals surface area contributed by atoms with Gasteiger partial charge >= 0.3 is 0 Å². The van der Waals surface area contributed by atoms with Gasteiger partial charge in [0.25, 0.3) is 0 Å². The van der Waals surface area contributed by atoms with Crippen LogP contribution in [0.1, 0.15) is 29.5 Å². The number of benzene rings is 2. The topological polar surface area (TPSA) is 9.23 Å². The highest BCUT2D eigenvalue weighted by Gasteiger charge is 2.35. The molecule has 23 heavy (non-hydrogen) atoms. The number of methoxy groups -OCH3 is 1. The first-order valence-corrected chi connectivity index (χ1v) is 8.40. The molecule has 0 amide bonds. The molecule has 2 aromatic carbocycles. The van der Waals surface area contributed by atoms with Crippen molar-refractivity contribution in [2.75, 3.05) is 7.11 Å². The maximum Gasteiger partial charge on any atom is 0.118 e. The molecule has 4 rings (SSSR count). The first-order valence-electron chi connectivity index (χ1n) is 8.40. The molecule has 2 atom stereocenters. The average Bonchev–Trinajstić information content (AvgIpc) is 3.18. The zero-order chi connectivity index (χ0) is 15.8. The summed E-state index contributed by atoms with van der Waals surface area (Å²) in [6.45, 7) is 2.21. The lowest BCUT2D eigenvalue weighted by atomic mass is 9.86. The van der Waals surface area contributed by atoms with Crippen LogP contribution in [0.4, 0.5) is 0 Å². The van der Waals surface area contributed by atoms with Gasteiger partial charge in [0.05, 0.1) is 7.11 Å². The fourth-order valence-electron chi connectivity index (χ4n) is 4.07. The predicted octanol–water partition coefficient (Wildman–Crippen LogP) is 5.40. The Morgan fingerprint density at radius 1 is 0.913 bits per heavy atom. The third-order valence-electron chi connectivity index (χ3n) is 5.25. The molecule has 0 spiro atoms. The van der Waals surface area contributed by atoms with Gasteiger partial charge in [0.2, 0.25) is 0 Å². The largest absolute Gasteiger partial charge is 0.497 e. The first-order chi connectivity index (χ1) is 11.3. The Morgan fingerprint density at radius 3 is 2.13 bits per heavy atom. The van der Waals surface area contributed by atoms with Crippen LogP contribution in [0.2, 0.25) is 0 Å². The molecule has 1 fully saturated rings. The van der Waals surface area contributed by atoms with Crippen molar-refractivity contribution in [3.63, 3.8) is 0 Å². The van der Waals surface area contributed by atoms with Gasteiger partial charge in [-0.25, -0.2) is 0 Å². The number of fused-ring (bicyclic) bond motifs is 2. The Morgan fingerprint density at radius 2 is 1.57 bits per heavy atom. The molecule has 2 unspecified atom stereocenters. The van der Waals surface area contributed by atoms with Gasteiger partial charge in [0.1, 0.15) is 5.75 Å². The van der Waals surface area contributed by atoms with Crippen LogP contribution in [-0.4, -0.2) is 7.11 Å². The van der Waals surface area contributed by atoms with Crippen molar-refractivity contribution in [2.24, 2.45) is 11.8 Å². The summed E-state index contributed by atoms with van der Waals surface area (Å²) in [5.74, 6) is 2.16. The van der Waals surface area contributed by atoms with E-state index in [-0.39, 0.29) is 0 Å². The molecule has 0 radical (unpaired) electrons. The highest BCUT2D eigenvalue weighted by molar-refractivity contribution is 5.85.